The zero-order chi connectivity index (χ0) is 8.32. The molecule has 1 rings (SSSR count). The molecule has 11 heavy (non-hydrogen) atoms. The average Bonchev–Trinajstić information content (AvgIpc) is 2.60. The Balaban J connectivity index is 1.95. The molecular weight excluding hydrogens is 188 g/mol. The fourth-order valence-electron chi connectivity index (χ4n) is 0.716. The molecular formula is C6H11ClO3S. The summed E-state index contributed by atoms with van der Waals surface area (Å²) in [5.74, 6) is 0.0152. The van der Waals surface area contributed by atoms with Crippen LogP contribution in [0.25, 0.3) is 0 Å². The fourth-order valence-corrected chi connectivity index (χ4v) is 1.51. The Bertz CT molecular complexity index is 208. The van der Waals surface area contributed by atoms with Gasteiger partial charge in [-0.1, -0.05) is 0 Å². The SMILES string of the molecule is O=S(=O)(Cl)CCCOC1CC1. The highest BCUT2D eigenvalue weighted by molar-refractivity contribution is 8.13. The van der Waals surface area contributed by atoms with Gasteiger partial charge in [0.1, 0.15) is 0 Å². The zero-order valence-electron chi connectivity index (χ0n) is 6.12. The number of rotatable bonds is 5. The second-order valence-corrected chi connectivity index (χ2v) is 5.56. The van der Waals surface area contributed by atoms with Crippen molar-refractivity contribution in [3.63, 3.8) is 0 Å². The van der Waals surface area contributed by atoms with Gasteiger partial charge in [-0.3, -0.25) is 0 Å². The topological polar surface area (TPSA) is 43.4 Å². The fraction of sp³-hybridized carbons (Fsp3) is 1.00. The van der Waals surface area contributed by atoms with Crippen molar-refractivity contribution in [3.8, 4) is 0 Å². The second-order valence-electron chi connectivity index (χ2n) is 2.67. The molecule has 1 fully saturated rings. The van der Waals surface area contributed by atoms with Crippen LogP contribution < -0.4 is 0 Å². The van der Waals surface area contributed by atoms with Crippen molar-refractivity contribution < 1.29 is 13.2 Å². The average molecular weight is 199 g/mol. The quantitative estimate of drug-likeness (QED) is 0.491. The van der Waals surface area contributed by atoms with Crippen molar-refractivity contribution in [1.29, 1.82) is 0 Å². The molecule has 0 aromatic rings. The van der Waals surface area contributed by atoms with Crippen LogP contribution in [0.3, 0.4) is 0 Å². The van der Waals surface area contributed by atoms with Crippen LogP contribution in [0.2, 0.25) is 0 Å². The summed E-state index contributed by atoms with van der Waals surface area (Å²) in [4.78, 5) is 0. The Hall–Kier alpha value is 0.200. The van der Waals surface area contributed by atoms with E-state index in [-0.39, 0.29) is 5.75 Å². The molecule has 0 bridgehead atoms. The molecule has 0 heterocycles. The van der Waals surface area contributed by atoms with Crippen LogP contribution in [0.15, 0.2) is 0 Å². The maximum absolute atomic E-state index is 10.4. The maximum atomic E-state index is 10.4. The molecule has 5 heteroatoms. The lowest BCUT2D eigenvalue weighted by atomic mass is 10.5. The van der Waals surface area contributed by atoms with E-state index in [1.165, 1.54) is 0 Å². The van der Waals surface area contributed by atoms with Crippen molar-refractivity contribution >= 4 is 19.7 Å². The van der Waals surface area contributed by atoms with E-state index < -0.39 is 9.05 Å². The highest BCUT2D eigenvalue weighted by Gasteiger charge is 2.21. The molecule has 0 aliphatic heterocycles. The van der Waals surface area contributed by atoms with Crippen LogP contribution in [0.1, 0.15) is 19.3 Å². The molecule has 66 valence electrons. The minimum atomic E-state index is -3.31. The summed E-state index contributed by atoms with van der Waals surface area (Å²) in [5.41, 5.74) is 0. The lowest BCUT2D eigenvalue weighted by molar-refractivity contribution is 0.120. The van der Waals surface area contributed by atoms with Gasteiger partial charge in [0.25, 0.3) is 0 Å². The molecule has 0 amide bonds. The Morgan fingerprint density at radius 2 is 2.09 bits per heavy atom. The van der Waals surface area contributed by atoms with E-state index in [1.54, 1.807) is 0 Å². The molecule has 0 aromatic heterocycles. The van der Waals surface area contributed by atoms with E-state index in [9.17, 15) is 8.42 Å². The van der Waals surface area contributed by atoms with E-state index in [0.29, 0.717) is 19.1 Å². The molecule has 0 atom stereocenters. The molecule has 3 nitrogen and oxygen atoms in total. The third-order valence-electron chi connectivity index (χ3n) is 1.41. The van der Waals surface area contributed by atoms with E-state index in [1.807, 2.05) is 0 Å². The van der Waals surface area contributed by atoms with Crippen LogP contribution >= 0.6 is 10.7 Å². The summed E-state index contributed by atoms with van der Waals surface area (Å²) >= 11 is 0. The number of hydrogen-bond acceptors (Lipinski definition) is 3. The van der Waals surface area contributed by atoms with Crippen molar-refractivity contribution in [2.75, 3.05) is 12.4 Å². The summed E-state index contributed by atoms with van der Waals surface area (Å²) < 4.78 is 26.0. The van der Waals surface area contributed by atoms with E-state index >= 15 is 0 Å². The zero-order valence-corrected chi connectivity index (χ0v) is 7.70. The van der Waals surface area contributed by atoms with E-state index in [4.69, 9.17) is 15.4 Å². The number of ether oxygens (including phenoxy) is 1. The summed E-state index contributed by atoms with van der Waals surface area (Å²) in [6, 6.07) is 0. The normalized spacial score (nSPS) is 18.6. The van der Waals surface area contributed by atoms with Crippen molar-refractivity contribution in [1.82, 2.24) is 0 Å². The van der Waals surface area contributed by atoms with Gasteiger partial charge in [-0.05, 0) is 19.3 Å². The van der Waals surface area contributed by atoms with Gasteiger partial charge in [-0.25, -0.2) is 8.42 Å². The van der Waals surface area contributed by atoms with Crippen molar-refractivity contribution in [3.05, 3.63) is 0 Å². The molecule has 0 unspecified atom stereocenters. The van der Waals surface area contributed by atoms with Crippen LogP contribution in [-0.2, 0) is 13.8 Å². The molecule has 1 aliphatic rings. The Morgan fingerprint density at radius 3 is 2.55 bits per heavy atom. The monoisotopic (exact) mass is 198 g/mol. The van der Waals surface area contributed by atoms with Gasteiger partial charge in [0.15, 0.2) is 0 Å². The minimum absolute atomic E-state index is 0.0152. The second kappa shape index (κ2) is 3.74. The van der Waals surface area contributed by atoms with Crippen LogP contribution in [0.4, 0.5) is 0 Å². The lowest BCUT2D eigenvalue weighted by Gasteiger charge is -1.98. The van der Waals surface area contributed by atoms with Gasteiger partial charge in [-0.15, -0.1) is 0 Å². The first-order chi connectivity index (χ1) is 5.08. The van der Waals surface area contributed by atoms with Crippen molar-refractivity contribution in [2.24, 2.45) is 0 Å². The summed E-state index contributed by atoms with van der Waals surface area (Å²) in [7, 11) is 1.67. The highest BCUT2D eigenvalue weighted by atomic mass is 35.7. The predicted molar refractivity (Wildman–Crippen MR) is 43.2 cm³/mol. The standard InChI is InChI=1S/C6H11ClO3S/c7-11(8,9)5-1-4-10-6-2-3-6/h6H,1-5H2. The van der Waals surface area contributed by atoms with Gasteiger partial charge in [0, 0.05) is 17.3 Å². The van der Waals surface area contributed by atoms with Gasteiger partial charge in [0.2, 0.25) is 9.05 Å². The third kappa shape index (κ3) is 5.47. The molecule has 0 saturated heterocycles. The minimum Gasteiger partial charge on any atom is -0.378 e. The Kier molecular flexibility index (Phi) is 3.16. The first-order valence-corrected chi connectivity index (χ1v) is 6.10. The molecule has 0 radical (unpaired) electrons. The van der Waals surface area contributed by atoms with Crippen LogP contribution in [0, 0.1) is 0 Å². The number of hydrogen-bond donors (Lipinski definition) is 0. The maximum Gasteiger partial charge on any atom is 0.232 e. The highest BCUT2D eigenvalue weighted by Crippen LogP contribution is 2.23. The predicted octanol–water partition coefficient (Wildman–Crippen LogP) is 1.12. The van der Waals surface area contributed by atoms with Crippen LogP contribution in [0.5, 0.6) is 0 Å². The lowest BCUT2D eigenvalue weighted by Crippen LogP contribution is -2.03. The summed E-state index contributed by atoms with van der Waals surface area (Å²) in [5, 5.41) is 0. The first-order valence-electron chi connectivity index (χ1n) is 3.62. The largest absolute Gasteiger partial charge is 0.378 e. The Morgan fingerprint density at radius 1 is 1.45 bits per heavy atom. The van der Waals surface area contributed by atoms with Gasteiger partial charge in [-0.2, -0.15) is 0 Å². The van der Waals surface area contributed by atoms with E-state index in [0.717, 1.165) is 12.8 Å². The summed E-state index contributed by atoms with van der Waals surface area (Å²) in [6.07, 6.45) is 3.14. The molecule has 1 saturated carbocycles. The van der Waals surface area contributed by atoms with Crippen molar-refractivity contribution in [2.45, 2.75) is 25.4 Å². The molecule has 0 N–H and O–H groups in total. The number of halogens is 1. The van der Waals surface area contributed by atoms with Gasteiger partial charge in [0.05, 0.1) is 11.9 Å². The molecule has 1 aliphatic carbocycles. The third-order valence-corrected chi connectivity index (χ3v) is 2.65. The van der Waals surface area contributed by atoms with Gasteiger partial charge >= 0.3 is 0 Å². The van der Waals surface area contributed by atoms with Gasteiger partial charge < -0.3 is 4.74 Å². The molecule has 0 spiro atoms. The Labute approximate surface area is 71.1 Å². The smallest absolute Gasteiger partial charge is 0.232 e. The van der Waals surface area contributed by atoms with Crippen LogP contribution in [-0.4, -0.2) is 26.9 Å². The van der Waals surface area contributed by atoms with E-state index in [2.05, 4.69) is 0 Å². The molecule has 0 aromatic carbocycles. The summed E-state index contributed by atoms with van der Waals surface area (Å²) in [6.45, 7) is 0.511. The first kappa shape index (κ1) is 9.29.